The maximum Gasteiger partial charge on any atom is 0.164 e. The summed E-state index contributed by atoms with van der Waals surface area (Å²) in [6.07, 6.45) is 0. The van der Waals surface area contributed by atoms with Crippen LogP contribution in [0.25, 0.3) is 77.6 Å². The summed E-state index contributed by atoms with van der Waals surface area (Å²) >= 11 is 0. The van der Waals surface area contributed by atoms with Gasteiger partial charge in [-0.25, -0.2) is 15.0 Å². The van der Waals surface area contributed by atoms with E-state index in [9.17, 15) is 0 Å². The highest BCUT2D eigenvalue weighted by atomic mass is 15.0. The van der Waals surface area contributed by atoms with Gasteiger partial charge in [-0.3, -0.25) is 0 Å². The van der Waals surface area contributed by atoms with E-state index in [1.807, 2.05) is 60.7 Å². The summed E-state index contributed by atoms with van der Waals surface area (Å²) in [5.41, 5.74) is 5.19. The van der Waals surface area contributed by atoms with Crippen molar-refractivity contribution in [3.63, 3.8) is 0 Å². The van der Waals surface area contributed by atoms with E-state index in [0.717, 1.165) is 22.3 Å². The highest BCUT2D eigenvalue weighted by molar-refractivity contribution is 6.19. The predicted octanol–water partition coefficient (Wildman–Crippen LogP) is 10.00. The van der Waals surface area contributed by atoms with Crippen molar-refractivity contribution in [2.45, 2.75) is 0 Å². The normalized spacial score (nSPS) is 11.3. The van der Waals surface area contributed by atoms with Gasteiger partial charge in [0.15, 0.2) is 17.5 Å². The van der Waals surface area contributed by atoms with Gasteiger partial charge in [-0.05, 0) is 49.5 Å². The first-order chi connectivity index (χ1) is 20.8. The van der Waals surface area contributed by atoms with Gasteiger partial charge in [0, 0.05) is 16.7 Å². The van der Waals surface area contributed by atoms with Crippen LogP contribution in [0.4, 0.5) is 0 Å². The molecule has 0 bridgehead atoms. The summed E-state index contributed by atoms with van der Waals surface area (Å²) in [6.45, 7) is 0. The molecule has 3 nitrogen and oxygen atoms in total. The van der Waals surface area contributed by atoms with Crippen molar-refractivity contribution >= 4 is 32.3 Å². The minimum atomic E-state index is 0.654. The van der Waals surface area contributed by atoms with Gasteiger partial charge in [0.1, 0.15) is 0 Å². The number of hydrogen-bond acceptors (Lipinski definition) is 3. The van der Waals surface area contributed by atoms with E-state index in [-0.39, 0.29) is 0 Å². The van der Waals surface area contributed by atoms with Crippen molar-refractivity contribution < 1.29 is 0 Å². The summed E-state index contributed by atoms with van der Waals surface area (Å²) in [4.78, 5) is 14.7. The first-order valence-electron chi connectivity index (χ1n) is 14.1. The molecule has 0 aliphatic carbocycles. The highest BCUT2D eigenvalue weighted by Gasteiger charge is 2.14. The molecule has 1 heterocycles. The molecule has 1 aromatic heterocycles. The molecule has 3 heteroatoms. The SMILES string of the molecule is c1ccc(-c2nc(-c3ccccc3)nc(-c3cccc(-c4cccc5c4ccc4c6ccccc6ccc54)c3)n2)cc1. The smallest absolute Gasteiger partial charge is 0.164 e. The minimum absolute atomic E-state index is 0.654. The Kier molecular flexibility index (Phi) is 5.79. The molecule has 0 aliphatic rings. The summed E-state index contributed by atoms with van der Waals surface area (Å²) in [6, 6.07) is 52.9. The molecule has 8 rings (SSSR count). The summed E-state index contributed by atoms with van der Waals surface area (Å²) in [5.74, 6) is 1.98. The van der Waals surface area contributed by atoms with Crippen LogP contribution in [0.5, 0.6) is 0 Å². The Labute approximate surface area is 243 Å². The lowest BCUT2D eigenvalue weighted by Gasteiger charge is -2.13. The van der Waals surface area contributed by atoms with Crippen LogP contribution in [0.1, 0.15) is 0 Å². The van der Waals surface area contributed by atoms with Crippen LogP contribution in [0.15, 0.2) is 152 Å². The van der Waals surface area contributed by atoms with Crippen LogP contribution in [-0.4, -0.2) is 15.0 Å². The largest absolute Gasteiger partial charge is 0.208 e. The summed E-state index contributed by atoms with van der Waals surface area (Å²) in [5, 5.41) is 7.56. The lowest BCUT2D eigenvalue weighted by atomic mass is 9.92. The molecule has 0 radical (unpaired) electrons. The third kappa shape index (κ3) is 4.20. The second kappa shape index (κ2) is 10.1. The molecule has 7 aromatic carbocycles. The predicted molar refractivity (Wildman–Crippen MR) is 174 cm³/mol. The number of fused-ring (bicyclic) bond motifs is 5. The van der Waals surface area contributed by atoms with E-state index >= 15 is 0 Å². The van der Waals surface area contributed by atoms with Crippen LogP contribution in [-0.2, 0) is 0 Å². The monoisotopic (exact) mass is 535 g/mol. The first kappa shape index (κ1) is 24.2. The molecule has 0 aliphatic heterocycles. The number of aromatic nitrogens is 3. The molecule has 196 valence electrons. The zero-order valence-corrected chi connectivity index (χ0v) is 22.8. The van der Waals surface area contributed by atoms with Crippen molar-refractivity contribution in [2.75, 3.05) is 0 Å². The van der Waals surface area contributed by atoms with Gasteiger partial charge in [-0.1, -0.05) is 146 Å². The molecule has 0 saturated heterocycles. The van der Waals surface area contributed by atoms with Crippen LogP contribution in [0.3, 0.4) is 0 Å². The van der Waals surface area contributed by atoms with E-state index in [1.54, 1.807) is 0 Å². The number of rotatable bonds is 4. The molecule has 0 spiro atoms. The maximum atomic E-state index is 4.94. The molecule has 0 unspecified atom stereocenters. The van der Waals surface area contributed by atoms with Crippen molar-refractivity contribution in [1.29, 1.82) is 0 Å². The van der Waals surface area contributed by atoms with Gasteiger partial charge >= 0.3 is 0 Å². The Morgan fingerprint density at radius 1 is 0.286 bits per heavy atom. The van der Waals surface area contributed by atoms with E-state index in [2.05, 4.69) is 91.0 Å². The van der Waals surface area contributed by atoms with E-state index < -0.39 is 0 Å². The molecule has 0 N–H and O–H groups in total. The lowest BCUT2D eigenvalue weighted by molar-refractivity contribution is 1.07. The molecule has 0 atom stereocenters. The van der Waals surface area contributed by atoms with Gasteiger partial charge in [0.05, 0.1) is 0 Å². The number of hydrogen-bond donors (Lipinski definition) is 0. The van der Waals surface area contributed by atoms with Crippen molar-refractivity contribution in [2.24, 2.45) is 0 Å². The number of nitrogens with zero attached hydrogens (tertiary/aromatic N) is 3. The summed E-state index contributed by atoms with van der Waals surface area (Å²) < 4.78 is 0. The lowest BCUT2D eigenvalue weighted by Crippen LogP contribution is -2.00. The third-order valence-corrected chi connectivity index (χ3v) is 7.91. The Morgan fingerprint density at radius 2 is 0.762 bits per heavy atom. The van der Waals surface area contributed by atoms with Crippen molar-refractivity contribution in [3.05, 3.63) is 152 Å². The average Bonchev–Trinajstić information content (AvgIpc) is 3.08. The van der Waals surface area contributed by atoms with Gasteiger partial charge in [0.2, 0.25) is 0 Å². The second-order valence-electron chi connectivity index (χ2n) is 10.5. The van der Waals surface area contributed by atoms with E-state index in [0.29, 0.717) is 17.5 Å². The average molecular weight is 536 g/mol. The zero-order chi connectivity index (χ0) is 27.9. The maximum absolute atomic E-state index is 4.94. The van der Waals surface area contributed by atoms with Crippen molar-refractivity contribution in [1.82, 2.24) is 15.0 Å². The molecular weight excluding hydrogens is 510 g/mol. The van der Waals surface area contributed by atoms with Crippen LogP contribution in [0, 0.1) is 0 Å². The first-order valence-corrected chi connectivity index (χ1v) is 14.1. The quantitative estimate of drug-likeness (QED) is 0.211. The Balaban J connectivity index is 1.29. The fourth-order valence-corrected chi connectivity index (χ4v) is 5.87. The molecule has 0 amide bonds. The van der Waals surface area contributed by atoms with Gasteiger partial charge < -0.3 is 0 Å². The Morgan fingerprint density at radius 3 is 1.50 bits per heavy atom. The standard InChI is InChI=1S/C39H25N3/c1-3-12-27(13-4-1)37-40-38(28-14-5-2-6-15-28)42-39(41-37)30-17-9-16-29(25-30)32-19-10-20-33-35(32)24-23-34-31-18-8-7-11-26(31)21-22-36(33)34/h1-25H. The summed E-state index contributed by atoms with van der Waals surface area (Å²) in [7, 11) is 0. The van der Waals surface area contributed by atoms with Gasteiger partial charge in [-0.2, -0.15) is 0 Å². The van der Waals surface area contributed by atoms with Crippen molar-refractivity contribution in [3.8, 4) is 45.3 Å². The topological polar surface area (TPSA) is 38.7 Å². The molecule has 0 fully saturated rings. The third-order valence-electron chi connectivity index (χ3n) is 7.91. The van der Waals surface area contributed by atoms with E-state index in [4.69, 9.17) is 15.0 Å². The fourth-order valence-electron chi connectivity index (χ4n) is 5.87. The van der Waals surface area contributed by atoms with Gasteiger partial charge in [0.25, 0.3) is 0 Å². The van der Waals surface area contributed by atoms with Crippen LogP contribution >= 0.6 is 0 Å². The zero-order valence-electron chi connectivity index (χ0n) is 22.8. The molecule has 42 heavy (non-hydrogen) atoms. The molecule has 0 saturated carbocycles. The fraction of sp³-hybridized carbons (Fsp3) is 0. The highest BCUT2D eigenvalue weighted by Crippen LogP contribution is 2.37. The van der Waals surface area contributed by atoms with E-state index in [1.165, 1.54) is 37.9 Å². The minimum Gasteiger partial charge on any atom is -0.208 e. The van der Waals surface area contributed by atoms with Crippen LogP contribution in [0.2, 0.25) is 0 Å². The Bertz CT molecular complexity index is 2180. The molecule has 8 aromatic rings. The van der Waals surface area contributed by atoms with Crippen LogP contribution < -0.4 is 0 Å². The Hall–Kier alpha value is -5.67. The second-order valence-corrected chi connectivity index (χ2v) is 10.5. The number of benzene rings is 7. The molecular formula is C39H25N3. The van der Waals surface area contributed by atoms with Gasteiger partial charge in [-0.15, -0.1) is 0 Å².